The second-order valence-electron chi connectivity index (χ2n) is 13.5. The van der Waals surface area contributed by atoms with E-state index in [4.69, 9.17) is 0 Å². The Bertz CT molecular complexity index is 3130. The van der Waals surface area contributed by atoms with Gasteiger partial charge in [-0.2, -0.15) is 0 Å². The number of hydrogen-bond acceptors (Lipinski definition) is 1. The summed E-state index contributed by atoms with van der Waals surface area (Å²) in [5.74, 6) is 0. The maximum Gasteiger partial charge on any atom is 0.0440 e. The summed E-state index contributed by atoms with van der Waals surface area (Å²) in [5, 5.41) is 15.7. The normalized spacial score (nSPS) is 11.9. The second-order valence-corrected chi connectivity index (χ2v) is 14.6. The van der Waals surface area contributed by atoms with E-state index in [1.54, 1.807) is 0 Å². The van der Waals surface area contributed by atoms with Gasteiger partial charge in [-0.15, -0.1) is 11.3 Å². The van der Waals surface area contributed by atoms with Crippen LogP contribution < -0.4 is 0 Å². The SMILES string of the molecule is c1ccc(-c2c3ccccc3c(-c3cccc(-c4cc5ccccc5c5c4sc4c6ccccc6c6ccccc6c45)c3)c3ccccc23)cc1. The van der Waals surface area contributed by atoms with Gasteiger partial charge in [-0.25, -0.2) is 0 Å². The first kappa shape index (κ1) is 28.5. The summed E-state index contributed by atoms with van der Waals surface area (Å²) in [6.07, 6.45) is 0. The average Bonchev–Trinajstić information content (AvgIpc) is 3.62. The molecule has 11 aromatic rings. The van der Waals surface area contributed by atoms with Crippen molar-refractivity contribution in [3.63, 3.8) is 0 Å². The second kappa shape index (κ2) is 11.1. The molecule has 0 radical (unpaired) electrons. The van der Waals surface area contributed by atoms with E-state index in [1.165, 1.54) is 107 Å². The molecule has 0 saturated heterocycles. The molecule has 0 aliphatic heterocycles. The van der Waals surface area contributed by atoms with Gasteiger partial charge in [-0.1, -0.05) is 170 Å². The van der Waals surface area contributed by atoms with Crippen molar-refractivity contribution in [2.24, 2.45) is 0 Å². The van der Waals surface area contributed by atoms with Crippen LogP contribution in [0.2, 0.25) is 0 Å². The Kier molecular flexibility index (Phi) is 6.22. The molecule has 0 amide bonds. The minimum absolute atomic E-state index is 1.23. The number of hydrogen-bond donors (Lipinski definition) is 0. The van der Waals surface area contributed by atoms with E-state index in [9.17, 15) is 0 Å². The van der Waals surface area contributed by atoms with Crippen molar-refractivity contribution >= 4 is 85.4 Å². The average molecular weight is 663 g/mol. The van der Waals surface area contributed by atoms with Crippen LogP contribution in [0.5, 0.6) is 0 Å². The molecular weight excluding hydrogens is 633 g/mol. The van der Waals surface area contributed by atoms with Crippen LogP contribution in [-0.2, 0) is 0 Å². The summed E-state index contributed by atoms with van der Waals surface area (Å²) in [4.78, 5) is 0. The van der Waals surface area contributed by atoms with Crippen molar-refractivity contribution in [2.45, 2.75) is 0 Å². The third-order valence-corrected chi connectivity index (χ3v) is 12.1. The molecule has 1 heteroatoms. The highest BCUT2D eigenvalue weighted by Gasteiger charge is 2.21. The Morgan fingerprint density at radius 2 is 0.725 bits per heavy atom. The number of rotatable bonds is 3. The highest BCUT2D eigenvalue weighted by molar-refractivity contribution is 7.27. The van der Waals surface area contributed by atoms with E-state index in [2.05, 4.69) is 182 Å². The molecule has 0 nitrogen and oxygen atoms in total. The molecule has 0 unspecified atom stereocenters. The summed E-state index contributed by atoms with van der Waals surface area (Å²) in [6.45, 7) is 0. The smallest absolute Gasteiger partial charge is 0.0440 e. The zero-order valence-corrected chi connectivity index (χ0v) is 28.5. The molecule has 0 atom stereocenters. The fourth-order valence-corrected chi connectivity index (χ4v) is 10.1. The van der Waals surface area contributed by atoms with Crippen LogP contribution in [-0.4, -0.2) is 0 Å². The first-order valence-electron chi connectivity index (χ1n) is 17.6. The first-order chi connectivity index (χ1) is 25.3. The van der Waals surface area contributed by atoms with Crippen molar-refractivity contribution in [3.05, 3.63) is 182 Å². The maximum atomic E-state index is 2.43. The fraction of sp³-hybridized carbons (Fsp3) is 0. The monoisotopic (exact) mass is 662 g/mol. The molecule has 0 aliphatic carbocycles. The van der Waals surface area contributed by atoms with Crippen LogP contribution in [0.25, 0.3) is 107 Å². The van der Waals surface area contributed by atoms with E-state index in [0.29, 0.717) is 0 Å². The molecule has 236 valence electrons. The topological polar surface area (TPSA) is 0 Å². The van der Waals surface area contributed by atoms with Crippen LogP contribution in [0.4, 0.5) is 0 Å². The summed E-state index contributed by atoms with van der Waals surface area (Å²) in [5.41, 5.74) is 7.58. The number of thiophene rings is 1. The molecule has 0 spiro atoms. The van der Waals surface area contributed by atoms with Gasteiger partial charge in [0.25, 0.3) is 0 Å². The lowest BCUT2D eigenvalue weighted by atomic mass is 9.85. The van der Waals surface area contributed by atoms with Crippen LogP contribution in [0, 0.1) is 0 Å². The summed E-state index contributed by atoms with van der Waals surface area (Å²) in [6, 6.07) is 67.2. The summed E-state index contributed by atoms with van der Waals surface area (Å²) >= 11 is 1.95. The van der Waals surface area contributed by atoms with Crippen LogP contribution in [0.3, 0.4) is 0 Å². The molecule has 0 aliphatic rings. The van der Waals surface area contributed by atoms with E-state index in [1.807, 2.05) is 11.3 Å². The largest absolute Gasteiger partial charge is 0.134 e. The van der Waals surface area contributed by atoms with Crippen molar-refractivity contribution in [3.8, 4) is 33.4 Å². The van der Waals surface area contributed by atoms with Gasteiger partial charge >= 0.3 is 0 Å². The van der Waals surface area contributed by atoms with Crippen molar-refractivity contribution < 1.29 is 0 Å². The maximum absolute atomic E-state index is 2.43. The lowest BCUT2D eigenvalue weighted by Gasteiger charge is -2.18. The van der Waals surface area contributed by atoms with E-state index >= 15 is 0 Å². The Morgan fingerprint density at radius 3 is 1.39 bits per heavy atom. The zero-order valence-electron chi connectivity index (χ0n) is 27.7. The van der Waals surface area contributed by atoms with Gasteiger partial charge in [0.1, 0.15) is 0 Å². The van der Waals surface area contributed by atoms with Gasteiger partial charge in [-0.3, -0.25) is 0 Å². The Hall–Kier alpha value is -6.28. The third kappa shape index (κ3) is 4.19. The molecule has 1 heterocycles. The minimum Gasteiger partial charge on any atom is -0.134 e. The molecule has 10 aromatic carbocycles. The lowest BCUT2D eigenvalue weighted by Crippen LogP contribution is -1.91. The molecule has 0 bridgehead atoms. The summed E-state index contributed by atoms with van der Waals surface area (Å²) < 4.78 is 2.71. The molecule has 51 heavy (non-hydrogen) atoms. The van der Waals surface area contributed by atoms with Crippen molar-refractivity contribution in [1.82, 2.24) is 0 Å². The van der Waals surface area contributed by atoms with E-state index in [0.717, 1.165) is 0 Å². The van der Waals surface area contributed by atoms with Gasteiger partial charge in [0, 0.05) is 31.1 Å². The summed E-state index contributed by atoms with van der Waals surface area (Å²) in [7, 11) is 0. The fourth-order valence-electron chi connectivity index (χ4n) is 8.66. The van der Waals surface area contributed by atoms with E-state index < -0.39 is 0 Å². The van der Waals surface area contributed by atoms with E-state index in [-0.39, 0.29) is 0 Å². The minimum atomic E-state index is 1.23. The van der Waals surface area contributed by atoms with Crippen LogP contribution >= 0.6 is 11.3 Å². The quantitative estimate of drug-likeness (QED) is 0.130. The molecule has 0 saturated carbocycles. The predicted octanol–water partition coefficient (Wildman–Crippen LogP) is 14.8. The van der Waals surface area contributed by atoms with Gasteiger partial charge in [0.15, 0.2) is 0 Å². The first-order valence-corrected chi connectivity index (χ1v) is 18.4. The standard InChI is InChI=1S/C50H30S/c1-2-15-31(16-3-1)45-39-24-9-11-26-41(39)46(42-27-12-10-25-40(42)45)34-19-14-18-32(29-34)44-30-33-17-4-5-20-35(33)47-48-38-23-8-6-21-36(38)37-22-7-13-28-43(37)49(48)51-50(44)47/h1-30H. The Balaban J connectivity index is 1.24. The zero-order chi connectivity index (χ0) is 33.5. The Labute approximate surface area is 299 Å². The number of fused-ring (bicyclic) bond motifs is 12. The van der Waals surface area contributed by atoms with Gasteiger partial charge in [0.2, 0.25) is 0 Å². The van der Waals surface area contributed by atoms with Crippen molar-refractivity contribution in [2.75, 3.05) is 0 Å². The van der Waals surface area contributed by atoms with Gasteiger partial charge < -0.3 is 0 Å². The van der Waals surface area contributed by atoms with Crippen molar-refractivity contribution in [1.29, 1.82) is 0 Å². The molecule has 0 fully saturated rings. The van der Waals surface area contributed by atoms with Crippen LogP contribution in [0.1, 0.15) is 0 Å². The number of benzene rings is 10. The van der Waals surface area contributed by atoms with Gasteiger partial charge in [0.05, 0.1) is 0 Å². The highest BCUT2D eigenvalue weighted by atomic mass is 32.1. The van der Waals surface area contributed by atoms with Crippen LogP contribution in [0.15, 0.2) is 182 Å². The highest BCUT2D eigenvalue weighted by Crippen LogP contribution is 2.50. The molecule has 1 aromatic heterocycles. The predicted molar refractivity (Wildman–Crippen MR) is 223 cm³/mol. The van der Waals surface area contributed by atoms with Gasteiger partial charge in [-0.05, 0) is 88.4 Å². The lowest BCUT2D eigenvalue weighted by molar-refractivity contribution is 1.64. The molecule has 0 N–H and O–H groups in total. The third-order valence-electron chi connectivity index (χ3n) is 10.8. The molecular formula is C50H30S. The molecule has 11 rings (SSSR count). The Morgan fingerprint density at radius 1 is 0.275 bits per heavy atom.